The van der Waals surface area contributed by atoms with Crippen molar-refractivity contribution in [1.82, 2.24) is 15.0 Å². The number of benzene rings is 2. The van der Waals surface area contributed by atoms with Gasteiger partial charge in [0.15, 0.2) is 5.60 Å². The molecule has 240 valence electrons. The molecule has 2 amide bonds. The van der Waals surface area contributed by atoms with Crippen LogP contribution in [0.15, 0.2) is 48.7 Å². The van der Waals surface area contributed by atoms with Gasteiger partial charge in [-0.2, -0.15) is 0 Å². The minimum absolute atomic E-state index is 0.0175. The second-order valence-corrected chi connectivity index (χ2v) is 16.7. The predicted octanol–water partition coefficient (Wildman–Crippen LogP) is 4.75. The Balaban J connectivity index is 1.34. The number of carbonyl (C=O) groups excluding carboxylic acids is 2. The summed E-state index contributed by atoms with van der Waals surface area (Å²) in [4.78, 5) is 30.9. The van der Waals surface area contributed by atoms with Crippen LogP contribution in [0.1, 0.15) is 49.4 Å². The smallest absolute Gasteiger partial charge is 0.264 e. The van der Waals surface area contributed by atoms with Gasteiger partial charge in [-0.05, 0) is 68.3 Å². The third-order valence-corrected chi connectivity index (χ3v) is 12.1. The molecule has 12 heteroatoms. The molecule has 0 aliphatic carbocycles. The molecular formula is C33H42FN5O5Si. The maximum Gasteiger partial charge on any atom is 0.264 e. The van der Waals surface area contributed by atoms with Gasteiger partial charge in [-0.3, -0.25) is 14.3 Å². The van der Waals surface area contributed by atoms with E-state index in [1.807, 2.05) is 54.3 Å². The van der Waals surface area contributed by atoms with Crippen LogP contribution in [0.3, 0.4) is 0 Å². The molecule has 10 nitrogen and oxygen atoms in total. The Morgan fingerprint density at radius 1 is 1.18 bits per heavy atom. The maximum absolute atomic E-state index is 16.2. The number of piperidine rings is 1. The summed E-state index contributed by atoms with van der Waals surface area (Å²) < 4.78 is 30.4. The molecule has 4 heterocycles. The van der Waals surface area contributed by atoms with Crippen molar-refractivity contribution in [2.24, 2.45) is 5.92 Å². The molecule has 4 atom stereocenters. The van der Waals surface area contributed by atoms with Crippen LogP contribution in [-0.2, 0) is 39.4 Å². The molecule has 2 aromatic carbocycles. The van der Waals surface area contributed by atoms with Crippen LogP contribution < -0.4 is 14.5 Å². The summed E-state index contributed by atoms with van der Waals surface area (Å²) in [6.07, 6.45) is 4.54. The molecule has 2 saturated heterocycles. The summed E-state index contributed by atoms with van der Waals surface area (Å²) in [6.45, 7) is 6.72. The van der Waals surface area contributed by atoms with Crippen molar-refractivity contribution in [3.63, 3.8) is 0 Å². The first-order valence-corrected chi connectivity index (χ1v) is 18.8. The van der Waals surface area contributed by atoms with E-state index in [1.54, 1.807) is 36.0 Å². The zero-order valence-electron chi connectivity index (χ0n) is 26.4. The standard InChI is InChI=1S/C33H42FN5O5Si/c1-22-31(45(3,4)34)29(13-16-37-21-24(14-17-40)35-36-37)44-33(22)27-19-26(43-2)11-12-28(27)39(32(33)42)20-23-8-7-9-25(18-23)38-15-6-5-10-30(38)41/h7-9,11-12,18-19,21-22,29,31,40H,5-6,10,13-17,20H2,1-4H3/t22-,29+,31-,33+/m0/s1. The lowest BCUT2D eigenvalue weighted by atomic mass is 9.82. The first kappa shape index (κ1) is 31.4. The number of fused-ring (bicyclic) bond motifs is 2. The van der Waals surface area contributed by atoms with Crippen molar-refractivity contribution in [3.8, 4) is 5.75 Å². The van der Waals surface area contributed by atoms with Gasteiger partial charge in [-0.15, -0.1) is 5.10 Å². The number of aliphatic hydroxyl groups excluding tert-OH is 1. The molecule has 45 heavy (non-hydrogen) atoms. The molecular weight excluding hydrogens is 593 g/mol. The molecule has 3 aromatic rings. The minimum atomic E-state index is -3.33. The molecule has 3 aliphatic heterocycles. The molecule has 0 saturated carbocycles. The van der Waals surface area contributed by atoms with Gasteiger partial charge in [-0.1, -0.05) is 24.3 Å². The Kier molecular flexibility index (Phi) is 8.57. The van der Waals surface area contributed by atoms with Crippen molar-refractivity contribution in [2.45, 2.75) is 82.5 Å². The topological polar surface area (TPSA) is 110 Å². The zero-order valence-corrected chi connectivity index (χ0v) is 27.4. The van der Waals surface area contributed by atoms with Crippen molar-refractivity contribution >= 4 is 31.6 Å². The highest BCUT2D eigenvalue weighted by Gasteiger charge is 2.66. The summed E-state index contributed by atoms with van der Waals surface area (Å²) in [5, 5.41) is 17.5. The van der Waals surface area contributed by atoms with Crippen LogP contribution in [0.25, 0.3) is 0 Å². The molecule has 1 N–H and O–H groups in total. The van der Waals surface area contributed by atoms with Crippen molar-refractivity contribution < 1.29 is 28.3 Å². The number of hydrogen-bond acceptors (Lipinski definition) is 7. The van der Waals surface area contributed by atoms with Crippen LogP contribution in [0.5, 0.6) is 5.75 Å². The number of aliphatic hydroxyl groups is 1. The summed E-state index contributed by atoms with van der Waals surface area (Å²) in [5.74, 6) is 0.0655. The Morgan fingerprint density at radius 2 is 2.00 bits per heavy atom. The van der Waals surface area contributed by atoms with Gasteiger partial charge in [0.05, 0.1) is 31.1 Å². The van der Waals surface area contributed by atoms with E-state index in [0.717, 1.165) is 29.8 Å². The highest BCUT2D eigenvalue weighted by molar-refractivity contribution is 6.72. The fourth-order valence-corrected chi connectivity index (χ4v) is 10.1. The third kappa shape index (κ3) is 5.68. The van der Waals surface area contributed by atoms with Gasteiger partial charge in [0, 0.05) is 61.4 Å². The Bertz CT molecular complexity index is 1580. The number of nitrogens with zero attached hydrogens (tertiary/aromatic N) is 5. The van der Waals surface area contributed by atoms with E-state index in [1.165, 1.54) is 0 Å². The van der Waals surface area contributed by atoms with Gasteiger partial charge in [-0.25, -0.2) is 0 Å². The zero-order chi connectivity index (χ0) is 31.9. The van der Waals surface area contributed by atoms with E-state index in [9.17, 15) is 14.7 Å². The first-order chi connectivity index (χ1) is 21.6. The number of amides is 2. The molecule has 0 bridgehead atoms. The number of aromatic nitrogens is 3. The van der Waals surface area contributed by atoms with E-state index in [4.69, 9.17) is 9.47 Å². The first-order valence-electron chi connectivity index (χ1n) is 15.8. The van der Waals surface area contributed by atoms with Crippen LogP contribution in [0.2, 0.25) is 18.6 Å². The average Bonchev–Trinajstić information content (AvgIpc) is 3.66. The van der Waals surface area contributed by atoms with Crippen LogP contribution in [0, 0.1) is 5.92 Å². The number of methoxy groups -OCH3 is 1. The summed E-state index contributed by atoms with van der Waals surface area (Å²) in [5.41, 5.74) is 1.99. The highest BCUT2D eigenvalue weighted by Crippen LogP contribution is 2.60. The molecule has 1 aromatic heterocycles. The average molecular weight is 636 g/mol. The van der Waals surface area contributed by atoms with Crippen LogP contribution in [-0.4, -0.2) is 66.7 Å². The number of rotatable bonds is 10. The minimum Gasteiger partial charge on any atom is -0.497 e. The SMILES string of the molecule is COc1ccc2c(c1)[C@@]1(O[C@H](CCn3cc(CCO)nn3)[C@@H]([Si](C)(C)F)[C@@H]1C)C(=O)N2Cc1cccc(N2CCCCC2=O)c1. The second kappa shape index (κ2) is 12.3. The fraction of sp³-hybridized carbons (Fsp3) is 0.515. The summed E-state index contributed by atoms with van der Waals surface area (Å²) >= 11 is 0. The van der Waals surface area contributed by atoms with Gasteiger partial charge in [0.25, 0.3) is 5.91 Å². The lowest BCUT2D eigenvalue weighted by molar-refractivity contribution is -0.146. The van der Waals surface area contributed by atoms with E-state index < -0.39 is 31.6 Å². The monoisotopic (exact) mass is 635 g/mol. The molecule has 0 unspecified atom stereocenters. The van der Waals surface area contributed by atoms with Gasteiger partial charge < -0.3 is 28.5 Å². The lowest BCUT2D eigenvalue weighted by Gasteiger charge is -2.31. The van der Waals surface area contributed by atoms with Gasteiger partial charge in [0.2, 0.25) is 14.3 Å². The molecule has 6 rings (SSSR count). The maximum atomic E-state index is 16.2. The number of halogens is 1. The predicted molar refractivity (Wildman–Crippen MR) is 170 cm³/mol. The van der Waals surface area contributed by atoms with Crippen molar-refractivity contribution in [3.05, 3.63) is 65.5 Å². The number of aryl methyl sites for hydroxylation is 1. The van der Waals surface area contributed by atoms with Crippen molar-refractivity contribution in [2.75, 3.05) is 30.1 Å². The van der Waals surface area contributed by atoms with Crippen LogP contribution in [0.4, 0.5) is 15.5 Å². The second-order valence-electron chi connectivity index (χ2n) is 13.0. The number of carbonyl (C=O) groups is 2. The van der Waals surface area contributed by atoms with Crippen molar-refractivity contribution in [1.29, 1.82) is 0 Å². The number of anilines is 2. The van der Waals surface area contributed by atoms with E-state index in [-0.39, 0.29) is 25.0 Å². The van der Waals surface area contributed by atoms with E-state index in [2.05, 4.69) is 10.3 Å². The Labute approximate surface area is 264 Å². The summed E-state index contributed by atoms with van der Waals surface area (Å²) in [7, 11) is -1.75. The lowest BCUT2D eigenvalue weighted by Crippen LogP contribution is -2.45. The molecule has 2 fully saturated rings. The molecule has 0 radical (unpaired) electrons. The molecule has 1 spiro atoms. The quantitative estimate of drug-likeness (QED) is 0.253. The Morgan fingerprint density at radius 3 is 2.73 bits per heavy atom. The Hall–Kier alpha value is -3.61. The summed E-state index contributed by atoms with van der Waals surface area (Å²) in [6, 6.07) is 13.4. The highest BCUT2D eigenvalue weighted by atomic mass is 28.4. The fourth-order valence-electron chi connectivity index (χ4n) is 7.60. The van der Waals surface area contributed by atoms with Crippen LogP contribution >= 0.6 is 0 Å². The van der Waals surface area contributed by atoms with Gasteiger partial charge in [0.1, 0.15) is 5.75 Å². The van der Waals surface area contributed by atoms with Gasteiger partial charge >= 0.3 is 0 Å². The normalized spacial score (nSPS) is 25.0. The largest absolute Gasteiger partial charge is 0.497 e. The molecule has 3 aliphatic rings. The number of ether oxygens (including phenoxy) is 2. The van der Waals surface area contributed by atoms with E-state index in [0.29, 0.717) is 49.4 Å². The number of hydrogen-bond donors (Lipinski definition) is 1. The van der Waals surface area contributed by atoms with E-state index >= 15 is 4.11 Å². The third-order valence-electron chi connectivity index (χ3n) is 9.65.